The summed E-state index contributed by atoms with van der Waals surface area (Å²) >= 11 is 0. The largest absolute Gasteiger partial charge is 0.359 e. The smallest absolute Gasteiger partial charge is 0.270 e. The lowest BCUT2D eigenvalue weighted by molar-refractivity contribution is -0.384. The summed E-state index contributed by atoms with van der Waals surface area (Å²) in [6.07, 6.45) is 3.00. The molecular formula is C30H28N4O4. The Kier molecular flexibility index (Phi) is 7.13. The number of allylic oxidation sites excluding steroid dienone is 2. The van der Waals surface area contributed by atoms with Crippen molar-refractivity contribution in [1.82, 2.24) is 5.43 Å². The number of non-ortho nitro benzene ring substituents is 1. The van der Waals surface area contributed by atoms with Crippen LogP contribution in [0.15, 0.2) is 89.2 Å². The van der Waals surface area contributed by atoms with Crippen molar-refractivity contribution in [3.8, 4) is 11.1 Å². The van der Waals surface area contributed by atoms with Crippen LogP contribution in [0.3, 0.4) is 0 Å². The molecule has 192 valence electrons. The van der Waals surface area contributed by atoms with Gasteiger partial charge >= 0.3 is 0 Å². The van der Waals surface area contributed by atoms with Crippen LogP contribution < -0.4 is 10.7 Å². The molecule has 1 aliphatic carbocycles. The molecule has 0 radical (unpaired) electrons. The Hall–Kier alpha value is -4.59. The van der Waals surface area contributed by atoms with Crippen LogP contribution in [0.5, 0.6) is 0 Å². The Bertz CT molecular complexity index is 1470. The summed E-state index contributed by atoms with van der Waals surface area (Å²) in [6.45, 7) is 1.99. The number of ketones is 1. The summed E-state index contributed by atoms with van der Waals surface area (Å²) in [5.41, 5.74) is 9.59. The summed E-state index contributed by atoms with van der Waals surface area (Å²) in [6, 6.07) is 22.3. The first-order chi connectivity index (χ1) is 18.4. The van der Waals surface area contributed by atoms with Gasteiger partial charge in [0.05, 0.1) is 10.6 Å². The van der Waals surface area contributed by atoms with E-state index in [9.17, 15) is 19.7 Å². The second-order valence-electron chi connectivity index (χ2n) is 9.76. The Morgan fingerprint density at radius 3 is 2.45 bits per heavy atom. The second-order valence-corrected chi connectivity index (χ2v) is 9.76. The van der Waals surface area contributed by atoms with E-state index in [1.54, 1.807) is 12.1 Å². The number of carbonyl (C=O) groups excluding carboxylic acids is 2. The number of nitro benzene ring substituents is 1. The predicted molar refractivity (Wildman–Crippen MR) is 147 cm³/mol. The number of carbonyl (C=O) groups is 2. The maximum atomic E-state index is 13.0. The summed E-state index contributed by atoms with van der Waals surface area (Å²) < 4.78 is 0. The molecule has 8 nitrogen and oxygen atoms in total. The normalized spacial score (nSPS) is 17.6. The van der Waals surface area contributed by atoms with E-state index in [1.807, 2.05) is 61.5 Å². The number of amides is 1. The molecule has 0 unspecified atom stereocenters. The van der Waals surface area contributed by atoms with Crippen LogP contribution in [0.4, 0.5) is 11.4 Å². The minimum absolute atomic E-state index is 0.0466. The number of nitro groups is 1. The molecule has 1 amide bonds. The molecule has 0 fully saturated rings. The van der Waals surface area contributed by atoms with Gasteiger partial charge in [0, 0.05) is 54.3 Å². The third-order valence-electron chi connectivity index (χ3n) is 6.96. The van der Waals surface area contributed by atoms with E-state index in [-0.39, 0.29) is 23.3 Å². The third-order valence-corrected chi connectivity index (χ3v) is 6.96. The van der Waals surface area contributed by atoms with Gasteiger partial charge < -0.3 is 5.32 Å². The molecule has 3 aromatic carbocycles. The van der Waals surface area contributed by atoms with Crippen molar-refractivity contribution in [1.29, 1.82) is 0 Å². The number of hydrogen-bond acceptors (Lipinski definition) is 6. The fraction of sp³-hybridized carbons (Fsp3) is 0.233. The number of hydrogen-bond donors (Lipinski definition) is 2. The fourth-order valence-corrected chi connectivity index (χ4v) is 5.00. The molecule has 1 heterocycles. The van der Waals surface area contributed by atoms with E-state index in [0.717, 1.165) is 57.8 Å². The van der Waals surface area contributed by atoms with Crippen molar-refractivity contribution >= 4 is 28.8 Å². The molecule has 2 N–H and O–H groups in total. The van der Waals surface area contributed by atoms with Crippen LogP contribution in [-0.4, -0.2) is 22.3 Å². The number of nitrogens with zero attached hydrogens (tertiary/aromatic N) is 2. The van der Waals surface area contributed by atoms with Gasteiger partial charge in [-0.2, -0.15) is 5.10 Å². The van der Waals surface area contributed by atoms with Crippen molar-refractivity contribution in [2.24, 2.45) is 11.0 Å². The van der Waals surface area contributed by atoms with Gasteiger partial charge in [-0.15, -0.1) is 0 Å². The van der Waals surface area contributed by atoms with E-state index >= 15 is 0 Å². The zero-order valence-corrected chi connectivity index (χ0v) is 21.1. The molecule has 3 aromatic rings. The van der Waals surface area contributed by atoms with Gasteiger partial charge in [-0.1, -0.05) is 55.5 Å². The average Bonchev–Trinajstić information content (AvgIpc) is 2.91. The molecule has 5 rings (SSSR count). The van der Waals surface area contributed by atoms with E-state index < -0.39 is 4.92 Å². The molecule has 1 aliphatic heterocycles. The quantitative estimate of drug-likeness (QED) is 0.310. The molecule has 1 atom stereocenters. The highest BCUT2D eigenvalue weighted by Gasteiger charge is 2.23. The number of nitrogens with one attached hydrogen (secondary N) is 2. The SMILES string of the molecule is C[C@@H]1CC(=O)NN=C1c1ccc(NC2=C(Cc3cccc(-c4cccc([N+](=O)[O-])c4)c3)C(=O)CCC2)cc1. The van der Waals surface area contributed by atoms with Crippen LogP contribution in [0.1, 0.15) is 43.7 Å². The first kappa shape index (κ1) is 25.1. The highest BCUT2D eigenvalue weighted by atomic mass is 16.6. The number of hydrazone groups is 1. The van der Waals surface area contributed by atoms with Gasteiger partial charge in [0.1, 0.15) is 0 Å². The van der Waals surface area contributed by atoms with Crippen LogP contribution in [0.25, 0.3) is 11.1 Å². The van der Waals surface area contributed by atoms with Gasteiger partial charge in [0.2, 0.25) is 5.91 Å². The van der Waals surface area contributed by atoms with Gasteiger partial charge in [-0.3, -0.25) is 19.7 Å². The van der Waals surface area contributed by atoms with E-state index in [2.05, 4.69) is 15.8 Å². The van der Waals surface area contributed by atoms with Crippen molar-refractivity contribution in [2.45, 2.75) is 39.0 Å². The zero-order chi connectivity index (χ0) is 26.6. The van der Waals surface area contributed by atoms with E-state index in [0.29, 0.717) is 19.3 Å². The molecular weight excluding hydrogens is 480 g/mol. The summed E-state index contributed by atoms with van der Waals surface area (Å²) in [5, 5.41) is 18.9. The van der Waals surface area contributed by atoms with Gasteiger partial charge in [-0.05, 0) is 47.2 Å². The number of Topliss-reactive ketones (excluding diaryl/α,β-unsaturated/α-hetero) is 1. The Morgan fingerprint density at radius 1 is 0.974 bits per heavy atom. The summed E-state index contributed by atoms with van der Waals surface area (Å²) in [7, 11) is 0. The highest BCUT2D eigenvalue weighted by molar-refractivity contribution is 6.06. The lowest BCUT2D eigenvalue weighted by atomic mass is 9.89. The zero-order valence-electron chi connectivity index (χ0n) is 21.1. The van der Waals surface area contributed by atoms with Crippen LogP contribution in [0.2, 0.25) is 0 Å². The van der Waals surface area contributed by atoms with Crippen molar-refractivity contribution in [3.05, 3.63) is 105 Å². The minimum atomic E-state index is -0.398. The number of anilines is 1. The molecule has 0 aromatic heterocycles. The number of rotatable bonds is 7. The standard InChI is InChI=1S/C30H28N4O4/c1-19-15-29(36)32-33-30(19)21-11-13-24(14-12-21)31-27-9-4-10-28(35)26(27)17-20-5-2-6-22(16-20)23-7-3-8-25(18-23)34(37)38/h2-3,5-8,11-14,16,18-19,31H,4,9-10,15,17H2,1H3,(H,32,36)/t19-/m1/s1. The topological polar surface area (TPSA) is 114 Å². The molecule has 2 aliphatic rings. The highest BCUT2D eigenvalue weighted by Crippen LogP contribution is 2.30. The van der Waals surface area contributed by atoms with E-state index in [4.69, 9.17) is 0 Å². The summed E-state index contributed by atoms with van der Waals surface area (Å²) in [5.74, 6) is 0.111. The number of benzene rings is 3. The second kappa shape index (κ2) is 10.8. The van der Waals surface area contributed by atoms with E-state index in [1.165, 1.54) is 6.07 Å². The first-order valence-corrected chi connectivity index (χ1v) is 12.7. The molecule has 0 saturated heterocycles. The minimum Gasteiger partial charge on any atom is -0.359 e. The van der Waals surface area contributed by atoms with Gasteiger partial charge in [0.25, 0.3) is 5.69 Å². The van der Waals surface area contributed by atoms with Crippen molar-refractivity contribution in [2.75, 3.05) is 5.32 Å². The van der Waals surface area contributed by atoms with Gasteiger partial charge in [-0.25, -0.2) is 5.43 Å². The molecule has 0 bridgehead atoms. The van der Waals surface area contributed by atoms with Crippen LogP contribution in [0, 0.1) is 16.0 Å². The monoisotopic (exact) mass is 508 g/mol. The predicted octanol–water partition coefficient (Wildman–Crippen LogP) is 5.78. The third kappa shape index (κ3) is 5.54. The lowest BCUT2D eigenvalue weighted by Crippen LogP contribution is -2.31. The van der Waals surface area contributed by atoms with Gasteiger partial charge in [0.15, 0.2) is 5.78 Å². The Morgan fingerprint density at radius 2 is 1.71 bits per heavy atom. The van der Waals surface area contributed by atoms with Crippen LogP contribution in [-0.2, 0) is 16.0 Å². The van der Waals surface area contributed by atoms with Crippen molar-refractivity contribution < 1.29 is 14.5 Å². The maximum Gasteiger partial charge on any atom is 0.270 e. The maximum absolute atomic E-state index is 13.0. The Labute approximate surface area is 220 Å². The fourth-order valence-electron chi connectivity index (χ4n) is 5.00. The molecule has 0 saturated carbocycles. The first-order valence-electron chi connectivity index (χ1n) is 12.7. The Balaban J connectivity index is 1.37. The van der Waals surface area contributed by atoms with Crippen LogP contribution >= 0.6 is 0 Å². The molecule has 8 heteroatoms. The molecule has 38 heavy (non-hydrogen) atoms. The lowest BCUT2D eigenvalue weighted by Gasteiger charge is -2.22. The summed E-state index contributed by atoms with van der Waals surface area (Å²) in [4.78, 5) is 35.3. The molecule has 0 spiro atoms. The van der Waals surface area contributed by atoms with Crippen molar-refractivity contribution in [3.63, 3.8) is 0 Å². The average molecular weight is 509 g/mol.